The number of rotatable bonds is 18. The highest BCUT2D eigenvalue weighted by atomic mass is 32.1. The first kappa shape index (κ1) is 39.1. The summed E-state index contributed by atoms with van der Waals surface area (Å²) in [5.41, 5.74) is 8.62. The van der Waals surface area contributed by atoms with Crippen LogP contribution in [-0.2, 0) is 49.7 Å². The molecule has 0 unspecified atom stereocenters. The molecule has 272 valence electrons. The lowest BCUT2D eigenvalue weighted by atomic mass is 10.0. The van der Waals surface area contributed by atoms with Gasteiger partial charge in [0.15, 0.2) is 0 Å². The van der Waals surface area contributed by atoms with Crippen LogP contribution in [0, 0.1) is 0 Å². The Morgan fingerprint density at radius 2 is 0.808 bits per heavy atom. The minimum atomic E-state index is -1.35. The number of aromatic hydroxyl groups is 1. The normalized spacial score (nSPS) is 13.7. The molecule has 0 aromatic heterocycles. The second kappa shape index (κ2) is 19.7. The highest BCUT2D eigenvalue weighted by molar-refractivity contribution is 7.80. The lowest BCUT2D eigenvalue weighted by Gasteiger charge is -2.27. The van der Waals surface area contributed by atoms with E-state index in [1.165, 1.54) is 12.1 Å². The molecule has 0 heterocycles. The van der Waals surface area contributed by atoms with Crippen molar-refractivity contribution in [3.63, 3.8) is 0 Å². The fraction of sp³-hybridized carbons (Fsp3) is 0.256. The van der Waals surface area contributed by atoms with Crippen LogP contribution < -0.4 is 27.0 Å². The molecule has 12 nitrogen and oxygen atoms in total. The van der Waals surface area contributed by atoms with E-state index in [1.54, 1.807) is 91.0 Å². The van der Waals surface area contributed by atoms with Crippen LogP contribution in [0.15, 0.2) is 115 Å². The summed E-state index contributed by atoms with van der Waals surface area (Å²) in [5.74, 6) is -3.91. The van der Waals surface area contributed by atoms with Gasteiger partial charge in [-0.2, -0.15) is 12.6 Å². The van der Waals surface area contributed by atoms with Gasteiger partial charge in [0, 0.05) is 31.4 Å². The average molecular weight is 726 g/mol. The number of benzene rings is 4. The molecule has 0 saturated carbocycles. The summed E-state index contributed by atoms with van der Waals surface area (Å²) in [6, 6.07) is 26.9. The maximum absolute atomic E-state index is 14.1. The first-order valence-electron chi connectivity index (χ1n) is 16.7. The van der Waals surface area contributed by atoms with Crippen molar-refractivity contribution in [1.82, 2.24) is 21.3 Å². The van der Waals surface area contributed by atoms with Gasteiger partial charge in [0.1, 0.15) is 29.9 Å². The number of carbonyl (C=O) groups excluding carboxylic acids is 4. The summed E-state index contributed by atoms with van der Waals surface area (Å²) in [6.45, 7) is 0. The van der Waals surface area contributed by atoms with Crippen LogP contribution in [0.5, 0.6) is 5.75 Å². The van der Waals surface area contributed by atoms with Gasteiger partial charge >= 0.3 is 5.97 Å². The summed E-state index contributed by atoms with van der Waals surface area (Å²) < 4.78 is 0. The fourth-order valence-corrected chi connectivity index (χ4v) is 5.59. The molecule has 0 fully saturated rings. The highest BCUT2D eigenvalue weighted by Crippen LogP contribution is 2.13. The van der Waals surface area contributed by atoms with Crippen molar-refractivity contribution in [2.75, 3.05) is 5.75 Å². The van der Waals surface area contributed by atoms with Gasteiger partial charge in [0.2, 0.25) is 23.6 Å². The van der Waals surface area contributed by atoms with Crippen molar-refractivity contribution < 1.29 is 34.2 Å². The third kappa shape index (κ3) is 12.3. The Kier molecular flexibility index (Phi) is 14.8. The molecular formula is C39H43N5O7S. The van der Waals surface area contributed by atoms with E-state index in [0.717, 1.165) is 5.56 Å². The third-order valence-electron chi connectivity index (χ3n) is 8.27. The number of carboxylic acid groups (broad SMARTS) is 1. The van der Waals surface area contributed by atoms with Crippen LogP contribution in [-0.4, -0.2) is 75.8 Å². The number of carboxylic acids is 1. The van der Waals surface area contributed by atoms with E-state index in [-0.39, 0.29) is 37.2 Å². The van der Waals surface area contributed by atoms with Gasteiger partial charge in [-0.05, 0) is 34.4 Å². The minimum Gasteiger partial charge on any atom is -0.508 e. The molecule has 8 N–H and O–H groups in total. The molecule has 4 amide bonds. The van der Waals surface area contributed by atoms with Crippen molar-refractivity contribution >= 4 is 42.2 Å². The molecule has 0 aliphatic carbocycles. The van der Waals surface area contributed by atoms with E-state index in [0.29, 0.717) is 16.7 Å². The largest absolute Gasteiger partial charge is 0.508 e. The Bertz CT molecular complexity index is 1780. The molecule has 4 aromatic rings. The maximum atomic E-state index is 14.1. The van der Waals surface area contributed by atoms with Gasteiger partial charge in [-0.15, -0.1) is 0 Å². The van der Waals surface area contributed by atoms with Crippen molar-refractivity contribution in [3.05, 3.63) is 138 Å². The second-order valence-electron chi connectivity index (χ2n) is 12.3. The van der Waals surface area contributed by atoms with Crippen LogP contribution >= 0.6 is 12.6 Å². The lowest BCUT2D eigenvalue weighted by molar-refractivity contribution is -0.142. The molecule has 4 aromatic carbocycles. The number of nitrogens with one attached hydrogen (secondary N) is 4. The first-order valence-corrected chi connectivity index (χ1v) is 17.4. The predicted octanol–water partition coefficient (Wildman–Crippen LogP) is 1.94. The quantitative estimate of drug-likeness (QED) is 0.0712. The highest BCUT2D eigenvalue weighted by Gasteiger charge is 2.32. The van der Waals surface area contributed by atoms with Crippen LogP contribution in [0.2, 0.25) is 0 Å². The SMILES string of the molecule is N[C@@H](CS)C(=O)N[C@@H](Cc1ccccc1)C(=O)N[C@@H](Cc1ccccc1)C(=O)N[C@@H](Cc1ccccc1)C(=O)N[C@@H](Cc1ccc(O)cc1)C(=O)O. The number of phenolic OH excluding ortho intramolecular Hbond substituents is 1. The van der Waals surface area contributed by atoms with Crippen LogP contribution in [0.1, 0.15) is 22.3 Å². The maximum Gasteiger partial charge on any atom is 0.326 e. The fourth-order valence-electron chi connectivity index (χ4n) is 5.42. The smallest absolute Gasteiger partial charge is 0.326 e. The zero-order valence-electron chi connectivity index (χ0n) is 28.4. The number of aliphatic carboxylic acids is 1. The van der Waals surface area contributed by atoms with E-state index in [4.69, 9.17) is 5.73 Å². The molecule has 13 heteroatoms. The Balaban J connectivity index is 1.60. The molecule has 0 aliphatic rings. The summed E-state index contributed by atoms with van der Waals surface area (Å²) >= 11 is 4.10. The van der Waals surface area contributed by atoms with Gasteiger partial charge in [0.25, 0.3) is 0 Å². The Morgan fingerprint density at radius 1 is 0.500 bits per heavy atom. The van der Waals surface area contributed by atoms with Gasteiger partial charge in [0.05, 0.1) is 6.04 Å². The summed E-state index contributed by atoms with van der Waals surface area (Å²) in [5, 5.41) is 30.4. The average Bonchev–Trinajstić information content (AvgIpc) is 3.15. The lowest BCUT2D eigenvalue weighted by Crippen LogP contribution is -2.59. The standard InChI is InChI=1S/C39H43N5O7S/c40-30(24-52)35(46)41-31(20-25-10-4-1-5-11-25)36(47)42-32(21-26-12-6-2-7-13-26)37(48)43-33(22-27-14-8-3-9-15-27)38(49)44-34(39(50)51)23-28-16-18-29(45)19-17-28/h1-19,30-34,45,52H,20-24,40H2,(H,41,46)(H,42,47)(H,43,48)(H,44,49)(H,50,51)/t30-,31-,32-,33-,34-/m0/s1. The summed E-state index contributed by atoms with van der Waals surface area (Å²) in [7, 11) is 0. The van der Waals surface area contributed by atoms with Gasteiger partial charge in [-0.25, -0.2) is 4.79 Å². The molecule has 0 saturated heterocycles. The zero-order chi connectivity index (χ0) is 37.5. The number of nitrogens with two attached hydrogens (primary N) is 1. The second-order valence-corrected chi connectivity index (χ2v) is 12.7. The van der Waals surface area contributed by atoms with E-state index < -0.39 is 59.8 Å². The molecule has 0 bridgehead atoms. The number of hydrogen-bond donors (Lipinski definition) is 8. The zero-order valence-corrected chi connectivity index (χ0v) is 29.2. The predicted molar refractivity (Wildman–Crippen MR) is 199 cm³/mol. The number of amides is 4. The molecule has 0 spiro atoms. The number of carbonyl (C=O) groups is 5. The number of hydrogen-bond acceptors (Lipinski definition) is 8. The topological polar surface area (TPSA) is 200 Å². The van der Waals surface area contributed by atoms with Crippen LogP contribution in [0.3, 0.4) is 0 Å². The van der Waals surface area contributed by atoms with Crippen LogP contribution in [0.4, 0.5) is 0 Å². The number of phenols is 1. The van der Waals surface area contributed by atoms with Crippen molar-refractivity contribution in [2.45, 2.75) is 55.9 Å². The van der Waals surface area contributed by atoms with Crippen molar-refractivity contribution in [2.24, 2.45) is 5.73 Å². The Labute approximate surface area is 307 Å². The van der Waals surface area contributed by atoms with E-state index in [9.17, 15) is 34.2 Å². The van der Waals surface area contributed by atoms with E-state index in [1.807, 2.05) is 12.1 Å². The summed E-state index contributed by atoms with van der Waals surface area (Å²) in [4.78, 5) is 66.9. The van der Waals surface area contributed by atoms with Crippen molar-refractivity contribution in [1.29, 1.82) is 0 Å². The monoisotopic (exact) mass is 725 g/mol. The molecule has 4 rings (SSSR count). The minimum absolute atomic E-state index is 0.0115. The molecule has 0 radical (unpaired) electrons. The molecule has 52 heavy (non-hydrogen) atoms. The van der Waals surface area contributed by atoms with Crippen molar-refractivity contribution in [3.8, 4) is 5.75 Å². The van der Waals surface area contributed by atoms with E-state index in [2.05, 4.69) is 33.9 Å². The van der Waals surface area contributed by atoms with Gasteiger partial charge < -0.3 is 37.2 Å². The first-order chi connectivity index (χ1) is 25.0. The molecule has 5 atom stereocenters. The summed E-state index contributed by atoms with van der Waals surface area (Å²) in [6.07, 6.45) is 0.0859. The Morgan fingerprint density at radius 3 is 1.15 bits per heavy atom. The third-order valence-corrected chi connectivity index (χ3v) is 8.66. The van der Waals surface area contributed by atoms with Gasteiger partial charge in [-0.3, -0.25) is 19.2 Å². The molecular weight excluding hydrogens is 683 g/mol. The number of thiol groups is 1. The molecule has 0 aliphatic heterocycles. The van der Waals surface area contributed by atoms with Gasteiger partial charge in [-0.1, -0.05) is 103 Å². The van der Waals surface area contributed by atoms with E-state index >= 15 is 0 Å². The van der Waals surface area contributed by atoms with Crippen LogP contribution in [0.25, 0.3) is 0 Å². The Hall–Kier alpha value is -5.66.